The van der Waals surface area contributed by atoms with E-state index in [4.69, 9.17) is 6.42 Å². The van der Waals surface area contributed by atoms with Gasteiger partial charge in [-0.15, -0.1) is 17.8 Å². The second-order valence-electron chi connectivity index (χ2n) is 4.01. The largest absolute Gasteiger partial charge is 0.335 e. The molecule has 2 nitrogen and oxygen atoms in total. The van der Waals surface area contributed by atoms with Gasteiger partial charge in [0, 0.05) is 4.88 Å². The Labute approximate surface area is 107 Å². The van der Waals surface area contributed by atoms with Crippen molar-refractivity contribution in [1.29, 1.82) is 0 Å². The highest BCUT2D eigenvalue weighted by molar-refractivity contribution is 7.14. The van der Waals surface area contributed by atoms with Crippen LogP contribution in [-0.2, 0) is 6.42 Å². The third-order valence-corrected chi connectivity index (χ3v) is 4.30. The minimum atomic E-state index is -0.506. The lowest BCUT2D eigenvalue weighted by atomic mass is 9.94. The van der Waals surface area contributed by atoms with Crippen LogP contribution in [0.25, 0.3) is 0 Å². The van der Waals surface area contributed by atoms with Crippen molar-refractivity contribution in [3.63, 3.8) is 0 Å². The highest BCUT2D eigenvalue weighted by Crippen LogP contribution is 2.19. The standard InChI is InChI=1S/C14H19NOS/c1-5-11-9-10-12(17-11)13(16)15-14(6-2,7-3)8-4/h2,9-10H,5,7-8H2,1,3-4H3,(H,15,16). The molecule has 92 valence electrons. The van der Waals surface area contributed by atoms with Crippen molar-refractivity contribution in [3.05, 3.63) is 21.9 Å². The summed E-state index contributed by atoms with van der Waals surface area (Å²) in [7, 11) is 0. The minimum absolute atomic E-state index is 0.0589. The second-order valence-corrected chi connectivity index (χ2v) is 5.18. The number of carbonyl (C=O) groups excluding carboxylic acids is 1. The third kappa shape index (κ3) is 3.10. The number of aryl methyl sites for hydroxylation is 1. The summed E-state index contributed by atoms with van der Waals surface area (Å²) < 4.78 is 0. The van der Waals surface area contributed by atoms with Gasteiger partial charge in [-0.1, -0.05) is 26.7 Å². The van der Waals surface area contributed by atoms with E-state index in [-0.39, 0.29) is 5.91 Å². The van der Waals surface area contributed by atoms with Crippen LogP contribution in [-0.4, -0.2) is 11.4 Å². The molecule has 0 aliphatic carbocycles. The van der Waals surface area contributed by atoms with E-state index >= 15 is 0 Å². The molecule has 0 aliphatic rings. The molecule has 17 heavy (non-hydrogen) atoms. The summed E-state index contributed by atoms with van der Waals surface area (Å²) in [4.78, 5) is 14.0. The molecule has 0 spiro atoms. The van der Waals surface area contributed by atoms with Crippen molar-refractivity contribution in [2.75, 3.05) is 0 Å². The number of rotatable bonds is 5. The SMILES string of the molecule is C#CC(CC)(CC)NC(=O)c1ccc(CC)s1. The molecule has 0 saturated carbocycles. The van der Waals surface area contributed by atoms with Gasteiger partial charge in [-0.05, 0) is 31.4 Å². The van der Waals surface area contributed by atoms with Crippen LogP contribution in [0.3, 0.4) is 0 Å². The molecule has 0 saturated heterocycles. The van der Waals surface area contributed by atoms with Gasteiger partial charge in [0.15, 0.2) is 0 Å². The maximum atomic E-state index is 12.1. The molecular formula is C14H19NOS. The van der Waals surface area contributed by atoms with Gasteiger partial charge in [-0.2, -0.15) is 0 Å². The van der Waals surface area contributed by atoms with E-state index in [0.29, 0.717) is 0 Å². The average molecular weight is 249 g/mol. The summed E-state index contributed by atoms with van der Waals surface area (Å²) >= 11 is 1.53. The Balaban J connectivity index is 2.81. The van der Waals surface area contributed by atoms with Crippen molar-refractivity contribution < 1.29 is 4.79 Å². The molecule has 0 unspecified atom stereocenters. The normalized spacial score (nSPS) is 10.9. The zero-order valence-electron chi connectivity index (χ0n) is 10.7. The van der Waals surface area contributed by atoms with Gasteiger partial charge in [0.2, 0.25) is 0 Å². The van der Waals surface area contributed by atoms with Crippen LogP contribution in [0.1, 0.15) is 48.2 Å². The number of terminal acetylenes is 1. The fourth-order valence-electron chi connectivity index (χ4n) is 1.64. The van der Waals surface area contributed by atoms with Crippen LogP contribution in [0.5, 0.6) is 0 Å². The number of carbonyl (C=O) groups is 1. The first kappa shape index (κ1) is 13.8. The van der Waals surface area contributed by atoms with Crippen molar-refractivity contribution in [2.24, 2.45) is 0 Å². The molecule has 3 heteroatoms. The summed E-state index contributed by atoms with van der Waals surface area (Å²) in [5, 5.41) is 2.97. The van der Waals surface area contributed by atoms with Crippen molar-refractivity contribution >= 4 is 17.2 Å². The van der Waals surface area contributed by atoms with Gasteiger partial charge in [-0.3, -0.25) is 4.79 Å². The molecule has 0 aromatic carbocycles. The first-order valence-corrected chi connectivity index (χ1v) is 6.81. The fourth-order valence-corrected chi connectivity index (χ4v) is 2.48. The first-order chi connectivity index (χ1) is 8.10. The highest BCUT2D eigenvalue weighted by atomic mass is 32.1. The lowest BCUT2D eigenvalue weighted by molar-refractivity contribution is 0.0920. The van der Waals surface area contributed by atoms with Crippen LogP contribution >= 0.6 is 11.3 Å². The Morgan fingerprint density at radius 1 is 1.41 bits per heavy atom. The molecule has 1 rings (SSSR count). The molecule has 1 amide bonds. The molecule has 0 fully saturated rings. The van der Waals surface area contributed by atoms with E-state index in [2.05, 4.69) is 18.2 Å². The van der Waals surface area contributed by atoms with Crippen molar-refractivity contribution in [2.45, 2.75) is 45.6 Å². The van der Waals surface area contributed by atoms with E-state index in [1.807, 2.05) is 26.0 Å². The molecule has 0 radical (unpaired) electrons. The molecule has 1 aromatic rings. The number of amides is 1. The molecular weight excluding hydrogens is 230 g/mol. The van der Waals surface area contributed by atoms with Gasteiger partial charge in [0.25, 0.3) is 5.91 Å². The van der Waals surface area contributed by atoms with E-state index in [9.17, 15) is 4.79 Å². The average Bonchev–Trinajstić information content (AvgIpc) is 2.85. The molecule has 0 bridgehead atoms. The summed E-state index contributed by atoms with van der Waals surface area (Å²) in [6.45, 7) is 6.07. The second kappa shape index (κ2) is 5.88. The highest BCUT2D eigenvalue weighted by Gasteiger charge is 2.26. The maximum absolute atomic E-state index is 12.1. The van der Waals surface area contributed by atoms with Crippen LogP contribution in [0.15, 0.2) is 12.1 Å². The maximum Gasteiger partial charge on any atom is 0.262 e. The molecule has 0 atom stereocenters. The van der Waals surface area contributed by atoms with Gasteiger partial charge < -0.3 is 5.32 Å². The Morgan fingerprint density at radius 3 is 2.47 bits per heavy atom. The van der Waals surface area contributed by atoms with Crippen molar-refractivity contribution in [1.82, 2.24) is 5.32 Å². The summed E-state index contributed by atoms with van der Waals surface area (Å²) in [5.74, 6) is 2.65. The lowest BCUT2D eigenvalue weighted by Gasteiger charge is -2.26. The van der Waals surface area contributed by atoms with Gasteiger partial charge >= 0.3 is 0 Å². The minimum Gasteiger partial charge on any atom is -0.335 e. The van der Waals surface area contributed by atoms with Crippen LogP contribution in [0, 0.1) is 12.3 Å². The molecule has 0 aliphatic heterocycles. The molecule has 1 N–H and O–H groups in total. The summed E-state index contributed by atoms with van der Waals surface area (Å²) in [6.07, 6.45) is 7.98. The van der Waals surface area contributed by atoms with Crippen LogP contribution in [0.4, 0.5) is 0 Å². The number of thiophene rings is 1. The van der Waals surface area contributed by atoms with Gasteiger partial charge in [-0.25, -0.2) is 0 Å². The van der Waals surface area contributed by atoms with E-state index in [0.717, 1.165) is 24.1 Å². The topological polar surface area (TPSA) is 29.1 Å². The van der Waals surface area contributed by atoms with Gasteiger partial charge in [0.1, 0.15) is 5.54 Å². The predicted molar refractivity (Wildman–Crippen MR) is 73.3 cm³/mol. The van der Waals surface area contributed by atoms with Crippen LogP contribution in [0.2, 0.25) is 0 Å². The Bertz CT molecular complexity index is 424. The van der Waals surface area contributed by atoms with Crippen LogP contribution < -0.4 is 5.32 Å². The summed E-state index contributed by atoms with van der Waals surface area (Å²) in [5.41, 5.74) is -0.506. The van der Waals surface area contributed by atoms with E-state index in [1.54, 1.807) is 0 Å². The van der Waals surface area contributed by atoms with E-state index < -0.39 is 5.54 Å². The lowest BCUT2D eigenvalue weighted by Crippen LogP contribution is -2.46. The van der Waals surface area contributed by atoms with E-state index in [1.165, 1.54) is 16.2 Å². The zero-order valence-corrected chi connectivity index (χ0v) is 11.5. The number of nitrogens with one attached hydrogen (secondary N) is 1. The first-order valence-electron chi connectivity index (χ1n) is 5.99. The summed E-state index contributed by atoms with van der Waals surface area (Å²) in [6, 6.07) is 3.86. The predicted octanol–water partition coefficient (Wildman–Crippen LogP) is 3.23. The Morgan fingerprint density at radius 2 is 2.06 bits per heavy atom. The Kier molecular flexibility index (Phi) is 4.77. The van der Waals surface area contributed by atoms with Crippen molar-refractivity contribution in [3.8, 4) is 12.3 Å². The zero-order chi connectivity index (χ0) is 12.9. The number of hydrogen-bond acceptors (Lipinski definition) is 2. The third-order valence-electron chi connectivity index (χ3n) is 3.07. The monoisotopic (exact) mass is 249 g/mol. The quantitative estimate of drug-likeness (QED) is 0.798. The van der Waals surface area contributed by atoms with Gasteiger partial charge in [0.05, 0.1) is 4.88 Å². The molecule has 1 aromatic heterocycles. The molecule has 1 heterocycles. The number of hydrogen-bond donors (Lipinski definition) is 1. The fraction of sp³-hybridized carbons (Fsp3) is 0.500. The Hall–Kier alpha value is -1.27. The smallest absolute Gasteiger partial charge is 0.262 e.